The lowest BCUT2D eigenvalue weighted by molar-refractivity contribution is 0.102. The molecule has 24 heavy (non-hydrogen) atoms. The van der Waals surface area contributed by atoms with Crippen molar-refractivity contribution < 1.29 is 13.9 Å². The Kier molecular flexibility index (Phi) is 4.86. The molecule has 4 nitrogen and oxygen atoms in total. The summed E-state index contributed by atoms with van der Waals surface area (Å²) in [5, 5.41) is 4.97. The normalized spacial score (nSPS) is 10.4. The third-order valence-corrected chi connectivity index (χ3v) is 4.07. The third-order valence-electron chi connectivity index (χ3n) is 3.25. The van der Waals surface area contributed by atoms with E-state index < -0.39 is 5.82 Å². The number of anilines is 1. The van der Waals surface area contributed by atoms with E-state index >= 15 is 0 Å². The molecule has 0 aliphatic heterocycles. The number of ether oxygens (including phenoxy) is 1. The quantitative estimate of drug-likeness (QED) is 0.747. The van der Waals surface area contributed by atoms with Crippen LogP contribution in [0.2, 0.25) is 0 Å². The number of hydrogen-bond acceptors (Lipinski definition) is 4. The number of nitrogens with one attached hydrogen (secondary N) is 1. The van der Waals surface area contributed by atoms with E-state index in [1.807, 2.05) is 31.2 Å². The molecule has 122 valence electrons. The molecule has 1 amide bonds. The summed E-state index contributed by atoms with van der Waals surface area (Å²) >= 11 is 1.34. The van der Waals surface area contributed by atoms with E-state index in [-0.39, 0.29) is 11.6 Å². The van der Waals surface area contributed by atoms with Gasteiger partial charge in [0.15, 0.2) is 0 Å². The number of benzene rings is 2. The zero-order valence-electron chi connectivity index (χ0n) is 13.0. The second-order valence-corrected chi connectivity index (χ2v) is 6.14. The van der Waals surface area contributed by atoms with Gasteiger partial charge in [0.1, 0.15) is 28.9 Å². The van der Waals surface area contributed by atoms with E-state index in [1.165, 1.54) is 29.5 Å². The van der Waals surface area contributed by atoms with Gasteiger partial charge in [0.05, 0.1) is 0 Å². The lowest BCUT2D eigenvalue weighted by atomic mass is 10.2. The Morgan fingerprint density at radius 2 is 2.04 bits per heavy atom. The largest absolute Gasteiger partial charge is 0.486 e. The maximum Gasteiger partial charge on any atom is 0.275 e. The van der Waals surface area contributed by atoms with Crippen molar-refractivity contribution in [3.8, 4) is 5.75 Å². The predicted octanol–water partition coefficient (Wildman–Crippen LogP) is 4.42. The van der Waals surface area contributed by atoms with Crippen LogP contribution in [0.5, 0.6) is 5.75 Å². The van der Waals surface area contributed by atoms with Crippen molar-refractivity contribution in [3.05, 3.63) is 76.0 Å². The summed E-state index contributed by atoms with van der Waals surface area (Å²) in [4.78, 5) is 16.4. The Balaban J connectivity index is 1.60. The number of rotatable bonds is 5. The minimum absolute atomic E-state index is 0.284. The van der Waals surface area contributed by atoms with Crippen molar-refractivity contribution in [2.45, 2.75) is 13.5 Å². The van der Waals surface area contributed by atoms with E-state index in [0.717, 1.165) is 11.3 Å². The fraction of sp³-hybridized carbons (Fsp3) is 0.111. The summed E-state index contributed by atoms with van der Waals surface area (Å²) in [5.41, 5.74) is 1.84. The summed E-state index contributed by atoms with van der Waals surface area (Å²) in [7, 11) is 0. The van der Waals surface area contributed by atoms with Crippen LogP contribution in [0.4, 0.5) is 10.1 Å². The van der Waals surface area contributed by atoms with Crippen LogP contribution in [0.3, 0.4) is 0 Å². The molecule has 0 saturated heterocycles. The monoisotopic (exact) mass is 342 g/mol. The summed E-state index contributed by atoms with van der Waals surface area (Å²) < 4.78 is 18.8. The summed E-state index contributed by atoms with van der Waals surface area (Å²) in [5.74, 6) is -0.0294. The standard InChI is InChI=1S/C18H15FN2O2S/c1-12-5-7-15(8-6-12)23-10-17-21-16(11-24-17)18(22)20-14-4-2-3-13(19)9-14/h2-9,11H,10H2,1H3,(H,20,22). The van der Waals surface area contributed by atoms with Crippen molar-refractivity contribution in [2.75, 3.05) is 5.32 Å². The van der Waals surface area contributed by atoms with Gasteiger partial charge in [-0.2, -0.15) is 0 Å². The number of nitrogens with zero attached hydrogens (tertiary/aromatic N) is 1. The summed E-state index contributed by atoms with van der Waals surface area (Å²) in [6.45, 7) is 2.30. The van der Waals surface area contributed by atoms with E-state index in [4.69, 9.17) is 4.74 Å². The van der Waals surface area contributed by atoms with Crippen LogP contribution in [0.1, 0.15) is 21.1 Å². The van der Waals surface area contributed by atoms with Gasteiger partial charge in [-0.25, -0.2) is 9.37 Å². The maximum absolute atomic E-state index is 13.1. The molecule has 0 aliphatic carbocycles. The number of aromatic nitrogens is 1. The first-order valence-electron chi connectivity index (χ1n) is 7.31. The molecule has 0 spiro atoms. The van der Waals surface area contributed by atoms with Gasteiger partial charge in [-0.05, 0) is 37.3 Å². The average Bonchev–Trinajstić information content (AvgIpc) is 3.03. The van der Waals surface area contributed by atoms with Crippen molar-refractivity contribution in [3.63, 3.8) is 0 Å². The smallest absolute Gasteiger partial charge is 0.275 e. The molecule has 6 heteroatoms. The van der Waals surface area contributed by atoms with Gasteiger partial charge in [-0.1, -0.05) is 23.8 Å². The number of carbonyl (C=O) groups excluding carboxylic acids is 1. The number of aryl methyl sites for hydroxylation is 1. The summed E-state index contributed by atoms with van der Waals surface area (Å²) in [6, 6.07) is 13.4. The average molecular weight is 342 g/mol. The second kappa shape index (κ2) is 7.23. The molecule has 2 aromatic carbocycles. The Hall–Kier alpha value is -2.73. The van der Waals surface area contributed by atoms with E-state index in [0.29, 0.717) is 17.3 Å². The third kappa shape index (κ3) is 4.17. The molecule has 0 fully saturated rings. The van der Waals surface area contributed by atoms with Crippen molar-refractivity contribution >= 4 is 22.9 Å². The highest BCUT2D eigenvalue weighted by molar-refractivity contribution is 7.09. The molecule has 1 N–H and O–H groups in total. The lowest BCUT2D eigenvalue weighted by Crippen LogP contribution is -2.12. The summed E-state index contributed by atoms with van der Waals surface area (Å²) in [6.07, 6.45) is 0. The minimum atomic E-state index is -0.404. The number of carbonyl (C=O) groups is 1. The van der Waals surface area contributed by atoms with Gasteiger partial charge >= 0.3 is 0 Å². The fourth-order valence-corrected chi connectivity index (χ4v) is 2.71. The van der Waals surface area contributed by atoms with Crippen LogP contribution >= 0.6 is 11.3 Å². The highest BCUT2D eigenvalue weighted by Crippen LogP contribution is 2.17. The van der Waals surface area contributed by atoms with Crippen LogP contribution < -0.4 is 10.1 Å². The molecule has 0 radical (unpaired) electrons. The van der Waals surface area contributed by atoms with E-state index in [9.17, 15) is 9.18 Å². The molecule has 0 bridgehead atoms. The van der Waals surface area contributed by atoms with Crippen LogP contribution in [-0.4, -0.2) is 10.9 Å². The van der Waals surface area contributed by atoms with Gasteiger partial charge in [0.25, 0.3) is 5.91 Å². The van der Waals surface area contributed by atoms with Crippen molar-refractivity contribution in [1.82, 2.24) is 4.98 Å². The molecule has 0 unspecified atom stereocenters. The first kappa shape index (κ1) is 16.1. The number of halogens is 1. The molecule has 1 aromatic heterocycles. The highest BCUT2D eigenvalue weighted by atomic mass is 32.1. The minimum Gasteiger partial charge on any atom is -0.486 e. The van der Waals surface area contributed by atoms with Gasteiger partial charge in [0.2, 0.25) is 0 Å². The van der Waals surface area contributed by atoms with Crippen molar-refractivity contribution in [2.24, 2.45) is 0 Å². The Morgan fingerprint density at radius 3 is 2.79 bits per heavy atom. The first-order chi connectivity index (χ1) is 11.6. The van der Waals surface area contributed by atoms with Gasteiger partial charge < -0.3 is 10.1 Å². The molecule has 0 aliphatic rings. The molecular formula is C18H15FN2O2S. The number of hydrogen-bond donors (Lipinski definition) is 1. The zero-order valence-corrected chi connectivity index (χ0v) is 13.8. The fourth-order valence-electron chi connectivity index (χ4n) is 2.02. The molecule has 0 atom stereocenters. The van der Waals surface area contributed by atoms with Crippen LogP contribution in [-0.2, 0) is 6.61 Å². The van der Waals surface area contributed by atoms with Gasteiger partial charge in [-0.3, -0.25) is 4.79 Å². The van der Waals surface area contributed by atoms with E-state index in [1.54, 1.807) is 11.4 Å². The first-order valence-corrected chi connectivity index (χ1v) is 8.19. The van der Waals surface area contributed by atoms with Gasteiger partial charge in [-0.15, -0.1) is 11.3 Å². The molecule has 1 heterocycles. The van der Waals surface area contributed by atoms with Gasteiger partial charge in [0, 0.05) is 11.1 Å². The van der Waals surface area contributed by atoms with Crippen molar-refractivity contribution in [1.29, 1.82) is 0 Å². The Morgan fingerprint density at radius 1 is 1.25 bits per heavy atom. The molecule has 3 aromatic rings. The zero-order chi connectivity index (χ0) is 16.9. The SMILES string of the molecule is Cc1ccc(OCc2nc(C(=O)Nc3cccc(F)c3)cs2)cc1. The predicted molar refractivity (Wildman–Crippen MR) is 92.0 cm³/mol. The van der Waals surface area contributed by atoms with Crippen LogP contribution in [0, 0.1) is 12.7 Å². The van der Waals surface area contributed by atoms with E-state index in [2.05, 4.69) is 10.3 Å². The highest BCUT2D eigenvalue weighted by Gasteiger charge is 2.11. The molecule has 0 saturated carbocycles. The number of amides is 1. The molecular weight excluding hydrogens is 327 g/mol. The topological polar surface area (TPSA) is 51.2 Å². The maximum atomic E-state index is 13.1. The Labute approximate surface area is 142 Å². The van der Waals surface area contributed by atoms with Crippen LogP contribution in [0.15, 0.2) is 53.9 Å². The lowest BCUT2D eigenvalue weighted by Gasteiger charge is -2.04. The second-order valence-electron chi connectivity index (χ2n) is 5.19. The molecule has 3 rings (SSSR count). The van der Waals surface area contributed by atoms with Crippen LogP contribution in [0.25, 0.3) is 0 Å². The number of thiazole rings is 1. The Bertz CT molecular complexity index is 846.